The summed E-state index contributed by atoms with van der Waals surface area (Å²) in [5, 5.41) is 0. The normalized spacial score (nSPS) is 22.6. The number of nitrogens with zero attached hydrogens (tertiary/aromatic N) is 1. The van der Waals surface area contributed by atoms with E-state index in [0.717, 1.165) is 13.0 Å². The van der Waals surface area contributed by atoms with Gasteiger partial charge in [0, 0.05) is 36.6 Å². The lowest BCUT2D eigenvalue weighted by atomic mass is 10.0. The summed E-state index contributed by atoms with van der Waals surface area (Å²) in [5.41, 5.74) is 7.11. The minimum absolute atomic E-state index is 0.333. The molecule has 2 N–H and O–H groups in total. The first kappa shape index (κ1) is 13.8. The summed E-state index contributed by atoms with van der Waals surface area (Å²) in [6, 6.07) is 11.5. The van der Waals surface area contributed by atoms with Crippen molar-refractivity contribution in [3.05, 3.63) is 35.9 Å². The summed E-state index contributed by atoms with van der Waals surface area (Å²) in [7, 11) is 0. The van der Waals surface area contributed by atoms with Crippen LogP contribution < -0.4 is 5.73 Å². The summed E-state index contributed by atoms with van der Waals surface area (Å²) in [6.45, 7) is 3.41. The predicted octanol–water partition coefficient (Wildman–Crippen LogP) is 2.84. The van der Waals surface area contributed by atoms with E-state index in [0.29, 0.717) is 17.1 Å². The average Bonchev–Trinajstić information content (AvgIpc) is 2.38. The van der Waals surface area contributed by atoms with Crippen molar-refractivity contribution in [2.45, 2.75) is 25.4 Å². The van der Waals surface area contributed by atoms with E-state index in [9.17, 15) is 0 Å². The van der Waals surface area contributed by atoms with Gasteiger partial charge in [-0.15, -0.1) is 0 Å². The number of hydrogen-bond donors (Lipinski definition) is 1. The first-order valence-corrected chi connectivity index (χ1v) is 7.91. The van der Waals surface area contributed by atoms with E-state index in [1.807, 2.05) is 11.8 Å². The second-order valence-electron chi connectivity index (χ2n) is 4.76. The van der Waals surface area contributed by atoms with Crippen molar-refractivity contribution in [2.75, 3.05) is 18.1 Å². The second-order valence-corrected chi connectivity index (χ2v) is 6.43. The van der Waals surface area contributed by atoms with Crippen LogP contribution in [0.15, 0.2) is 30.3 Å². The highest BCUT2D eigenvalue weighted by atomic mass is 32.2. The third-order valence-corrected chi connectivity index (χ3v) is 4.75. The van der Waals surface area contributed by atoms with Gasteiger partial charge in [0.15, 0.2) is 0 Å². The number of thioether (sulfide) groups is 1. The van der Waals surface area contributed by atoms with Crippen molar-refractivity contribution in [3.63, 3.8) is 0 Å². The Morgan fingerprint density at radius 3 is 2.83 bits per heavy atom. The monoisotopic (exact) mass is 280 g/mol. The van der Waals surface area contributed by atoms with E-state index in [1.54, 1.807) is 0 Å². The van der Waals surface area contributed by atoms with E-state index < -0.39 is 0 Å². The van der Waals surface area contributed by atoms with Gasteiger partial charge in [0.25, 0.3) is 0 Å². The molecule has 0 spiro atoms. The van der Waals surface area contributed by atoms with E-state index in [4.69, 9.17) is 18.0 Å². The molecule has 0 saturated carbocycles. The SMILES string of the molecule is CC1CSCCN1C(CC(N)=S)c1ccccc1. The van der Waals surface area contributed by atoms with Crippen LogP contribution >= 0.6 is 24.0 Å². The van der Waals surface area contributed by atoms with E-state index in [1.165, 1.54) is 17.1 Å². The fraction of sp³-hybridized carbons (Fsp3) is 0.500. The van der Waals surface area contributed by atoms with Crippen molar-refractivity contribution in [1.82, 2.24) is 4.90 Å². The molecule has 4 heteroatoms. The molecule has 1 fully saturated rings. The minimum atomic E-state index is 0.333. The van der Waals surface area contributed by atoms with Crippen molar-refractivity contribution in [3.8, 4) is 0 Å². The van der Waals surface area contributed by atoms with Crippen molar-refractivity contribution in [2.24, 2.45) is 5.73 Å². The first-order valence-electron chi connectivity index (χ1n) is 6.35. The first-order chi connectivity index (χ1) is 8.68. The Balaban J connectivity index is 2.21. The van der Waals surface area contributed by atoms with Crippen molar-refractivity contribution in [1.29, 1.82) is 0 Å². The third kappa shape index (κ3) is 3.46. The molecule has 0 aromatic heterocycles. The van der Waals surface area contributed by atoms with Crippen molar-refractivity contribution >= 4 is 29.0 Å². The van der Waals surface area contributed by atoms with Crippen LogP contribution in [0.1, 0.15) is 24.9 Å². The van der Waals surface area contributed by atoms with Gasteiger partial charge in [0.05, 0.1) is 4.99 Å². The zero-order chi connectivity index (χ0) is 13.0. The number of thiocarbonyl (C=S) groups is 1. The van der Waals surface area contributed by atoms with Gasteiger partial charge >= 0.3 is 0 Å². The lowest BCUT2D eigenvalue weighted by Gasteiger charge is -2.39. The van der Waals surface area contributed by atoms with E-state index >= 15 is 0 Å². The molecule has 1 aliphatic rings. The zero-order valence-corrected chi connectivity index (χ0v) is 12.3. The van der Waals surface area contributed by atoms with Crippen LogP contribution in [0.5, 0.6) is 0 Å². The Kier molecular flexibility index (Phi) is 5.03. The molecule has 0 radical (unpaired) electrons. The van der Waals surface area contributed by atoms with Gasteiger partial charge < -0.3 is 5.73 Å². The largest absolute Gasteiger partial charge is 0.393 e. The van der Waals surface area contributed by atoms with Crippen LogP contribution in [0, 0.1) is 0 Å². The molecule has 0 aliphatic carbocycles. The van der Waals surface area contributed by atoms with Gasteiger partial charge in [-0.25, -0.2) is 0 Å². The maximum absolute atomic E-state index is 5.78. The lowest BCUT2D eigenvalue weighted by molar-refractivity contribution is 0.165. The summed E-state index contributed by atoms with van der Waals surface area (Å²) in [4.78, 5) is 3.15. The molecule has 98 valence electrons. The number of nitrogens with two attached hydrogens (primary N) is 1. The second kappa shape index (κ2) is 6.55. The molecule has 2 atom stereocenters. The molecule has 1 aromatic rings. The summed E-state index contributed by atoms with van der Waals surface area (Å²) in [6.07, 6.45) is 0.772. The predicted molar refractivity (Wildman–Crippen MR) is 84.1 cm³/mol. The van der Waals surface area contributed by atoms with Gasteiger partial charge in [0.2, 0.25) is 0 Å². The van der Waals surface area contributed by atoms with Gasteiger partial charge in [-0.05, 0) is 12.5 Å². The highest BCUT2D eigenvalue weighted by Crippen LogP contribution is 2.30. The lowest BCUT2D eigenvalue weighted by Crippen LogP contribution is -2.43. The summed E-state index contributed by atoms with van der Waals surface area (Å²) in [5.74, 6) is 2.39. The zero-order valence-electron chi connectivity index (χ0n) is 10.7. The van der Waals surface area contributed by atoms with E-state index in [2.05, 4.69) is 42.2 Å². The molecule has 18 heavy (non-hydrogen) atoms. The Hall–Kier alpha value is -0.580. The molecule has 2 unspecified atom stereocenters. The van der Waals surface area contributed by atoms with Crippen LogP contribution in [-0.4, -0.2) is 34.0 Å². The average molecular weight is 280 g/mol. The van der Waals surface area contributed by atoms with Gasteiger partial charge in [-0.2, -0.15) is 11.8 Å². The Bertz CT molecular complexity index is 394. The van der Waals surface area contributed by atoms with Crippen molar-refractivity contribution < 1.29 is 0 Å². The number of benzene rings is 1. The Labute approximate surface area is 119 Å². The number of rotatable bonds is 4. The highest BCUT2D eigenvalue weighted by molar-refractivity contribution is 7.99. The Morgan fingerprint density at radius 2 is 2.22 bits per heavy atom. The molecule has 0 bridgehead atoms. The maximum atomic E-state index is 5.78. The molecule has 1 saturated heterocycles. The van der Waals surface area contributed by atoms with Crippen LogP contribution in [0.2, 0.25) is 0 Å². The van der Waals surface area contributed by atoms with E-state index in [-0.39, 0.29) is 0 Å². The molecular formula is C14H20N2S2. The molecule has 1 aliphatic heterocycles. The molecule has 2 nitrogen and oxygen atoms in total. The Morgan fingerprint density at radius 1 is 1.50 bits per heavy atom. The van der Waals surface area contributed by atoms with Gasteiger partial charge in [-0.3, -0.25) is 4.90 Å². The molecule has 0 amide bonds. The quantitative estimate of drug-likeness (QED) is 0.859. The van der Waals surface area contributed by atoms with Crippen LogP contribution in [0.3, 0.4) is 0 Å². The highest BCUT2D eigenvalue weighted by Gasteiger charge is 2.27. The summed E-state index contributed by atoms with van der Waals surface area (Å²) >= 11 is 7.16. The molecule has 2 rings (SSSR count). The van der Waals surface area contributed by atoms with Crippen LogP contribution in [-0.2, 0) is 0 Å². The molecular weight excluding hydrogens is 260 g/mol. The smallest absolute Gasteiger partial charge is 0.0746 e. The minimum Gasteiger partial charge on any atom is -0.393 e. The number of hydrogen-bond acceptors (Lipinski definition) is 3. The summed E-state index contributed by atoms with van der Waals surface area (Å²) < 4.78 is 0. The van der Waals surface area contributed by atoms with Gasteiger partial charge in [0.1, 0.15) is 0 Å². The maximum Gasteiger partial charge on any atom is 0.0746 e. The standard InChI is InChI=1S/C14H20N2S2/c1-11-10-18-8-7-16(11)13(9-14(15)17)12-5-3-2-4-6-12/h2-6,11,13H,7-10H2,1H3,(H2,15,17). The fourth-order valence-electron chi connectivity index (χ4n) is 2.50. The third-order valence-electron chi connectivity index (χ3n) is 3.40. The molecule has 1 heterocycles. The van der Waals surface area contributed by atoms with Crippen LogP contribution in [0.25, 0.3) is 0 Å². The molecule has 1 aromatic carbocycles. The van der Waals surface area contributed by atoms with Crippen LogP contribution in [0.4, 0.5) is 0 Å². The van der Waals surface area contributed by atoms with Gasteiger partial charge in [-0.1, -0.05) is 42.5 Å². The topological polar surface area (TPSA) is 29.3 Å². The fourth-order valence-corrected chi connectivity index (χ4v) is 3.69.